The van der Waals surface area contributed by atoms with Crippen molar-refractivity contribution in [3.8, 4) is 0 Å². The van der Waals surface area contributed by atoms with Crippen LogP contribution in [-0.2, 0) is 6.54 Å². The van der Waals surface area contributed by atoms with Crippen LogP contribution in [0.3, 0.4) is 0 Å². The van der Waals surface area contributed by atoms with Crippen molar-refractivity contribution in [2.24, 2.45) is 0 Å². The van der Waals surface area contributed by atoms with Crippen LogP contribution in [0.5, 0.6) is 0 Å². The van der Waals surface area contributed by atoms with Gasteiger partial charge in [0.1, 0.15) is 5.82 Å². The zero-order valence-corrected chi connectivity index (χ0v) is 14.5. The summed E-state index contributed by atoms with van der Waals surface area (Å²) in [6.07, 6.45) is 0. The highest BCUT2D eigenvalue weighted by atomic mass is 32.1. The number of nitrogens with one attached hydrogen (secondary N) is 1. The van der Waals surface area contributed by atoms with Gasteiger partial charge in [-0.3, -0.25) is 0 Å². The Kier molecular flexibility index (Phi) is 3.53. The molecule has 1 aromatic carbocycles. The van der Waals surface area contributed by atoms with Crippen LogP contribution in [0.1, 0.15) is 11.4 Å². The van der Waals surface area contributed by atoms with Crippen LogP contribution in [0.4, 0.5) is 10.9 Å². The van der Waals surface area contributed by atoms with Crippen LogP contribution >= 0.6 is 11.3 Å². The summed E-state index contributed by atoms with van der Waals surface area (Å²) in [7, 11) is 3.92. The van der Waals surface area contributed by atoms with Gasteiger partial charge in [-0.15, -0.1) is 15.3 Å². The van der Waals surface area contributed by atoms with Gasteiger partial charge in [0.25, 0.3) is 0 Å². The lowest BCUT2D eigenvalue weighted by molar-refractivity contribution is 0.818. The molecule has 0 fully saturated rings. The van der Waals surface area contributed by atoms with Crippen molar-refractivity contribution in [2.75, 3.05) is 24.3 Å². The Hall–Kier alpha value is -2.74. The molecule has 0 radical (unpaired) electrons. The van der Waals surface area contributed by atoms with E-state index in [1.807, 2.05) is 43.3 Å². The van der Waals surface area contributed by atoms with E-state index >= 15 is 0 Å². The fourth-order valence-electron chi connectivity index (χ4n) is 2.49. The summed E-state index contributed by atoms with van der Waals surface area (Å²) >= 11 is 1.65. The topological polar surface area (TPSA) is 71.2 Å². The molecule has 0 saturated carbocycles. The van der Waals surface area contributed by atoms with Crippen LogP contribution in [0, 0.1) is 6.92 Å². The highest BCUT2D eigenvalue weighted by Crippen LogP contribution is 2.28. The first-order chi connectivity index (χ1) is 11.6. The Bertz CT molecular complexity index is 1020. The summed E-state index contributed by atoms with van der Waals surface area (Å²) in [4.78, 5) is 6.57. The van der Waals surface area contributed by atoms with E-state index in [-0.39, 0.29) is 0 Å². The Morgan fingerprint density at radius 2 is 2.04 bits per heavy atom. The lowest BCUT2D eigenvalue weighted by Gasteiger charge is -2.10. The smallest absolute Gasteiger partial charge is 0.184 e. The van der Waals surface area contributed by atoms with E-state index in [9.17, 15) is 0 Å². The molecule has 0 aliphatic rings. The van der Waals surface area contributed by atoms with Crippen molar-refractivity contribution in [1.82, 2.24) is 24.8 Å². The molecule has 3 aromatic heterocycles. The van der Waals surface area contributed by atoms with Crippen molar-refractivity contribution in [2.45, 2.75) is 13.5 Å². The minimum atomic E-state index is 0.518. The average molecular weight is 339 g/mol. The molecule has 24 heavy (non-hydrogen) atoms. The van der Waals surface area contributed by atoms with E-state index in [0.717, 1.165) is 27.9 Å². The predicted molar refractivity (Wildman–Crippen MR) is 96.8 cm³/mol. The lowest BCUT2D eigenvalue weighted by Crippen LogP contribution is -2.13. The standard InChI is InChI=1S/C16H17N7S/c1-10-5-4-6-11-15(10)24-16(18-11)17-9-14-20-19-12-7-8-13(22(2)3)21-23(12)14/h4-8H,9H2,1-3H3,(H,17,18). The number of thiazole rings is 1. The zero-order valence-electron chi connectivity index (χ0n) is 13.7. The van der Waals surface area contributed by atoms with E-state index in [1.54, 1.807) is 15.9 Å². The summed E-state index contributed by atoms with van der Waals surface area (Å²) in [5, 5.41) is 17.2. The Balaban J connectivity index is 1.61. The molecule has 0 bridgehead atoms. The lowest BCUT2D eigenvalue weighted by atomic mass is 10.2. The van der Waals surface area contributed by atoms with Gasteiger partial charge in [0, 0.05) is 14.1 Å². The second-order valence-electron chi connectivity index (χ2n) is 5.77. The molecule has 4 aromatic rings. The van der Waals surface area contributed by atoms with Crippen molar-refractivity contribution in [3.63, 3.8) is 0 Å². The zero-order chi connectivity index (χ0) is 16.7. The molecule has 0 saturated heterocycles. The van der Waals surface area contributed by atoms with E-state index < -0.39 is 0 Å². The molecule has 122 valence electrons. The molecule has 0 atom stereocenters. The third-order valence-corrected chi connectivity index (χ3v) is 4.95. The van der Waals surface area contributed by atoms with Gasteiger partial charge in [-0.2, -0.15) is 4.52 Å². The van der Waals surface area contributed by atoms with E-state index in [4.69, 9.17) is 0 Å². The fraction of sp³-hybridized carbons (Fsp3) is 0.250. The van der Waals surface area contributed by atoms with Crippen molar-refractivity contribution in [3.05, 3.63) is 41.7 Å². The minimum Gasteiger partial charge on any atom is -0.361 e. The Morgan fingerprint density at radius 1 is 1.17 bits per heavy atom. The minimum absolute atomic E-state index is 0.518. The largest absolute Gasteiger partial charge is 0.361 e. The number of nitrogens with zero attached hydrogens (tertiary/aromatic N) is 6. The maximum absolute atomic E-state index is 4.62. The number of fused-ring (bicyclic) bond motifs is 2. The van der Waals surface area contributed by atoms with Crippen molar-refractivity contribution < 1.29 is 0 Å². The fourth-order valence-corrected chi connectivity index (χ4v) is 3.42. The third-order valence-electron chi connectivity index (χ3n) is 3.78. The first kappa shape index (κ1) is 14.8. The molecular formula is C16H17N7S. The molecule has 0 amide bonds. The number of hydrogen-bond donors (Lipinski definition) is 1. The number of anilines is 2. The molecule has 0 spiro atoms. The number of aryl methyl sites for hydroxylation is 1. The number of benzene rings is 1. The molecule has 3 heterocycles. The van der Waals surface area contributed by atoms with Crippen molar-refractivity contribution in [1.29, 1.82) is 0 Å². The summed E-state index contributed by atoms with van der Waals surface area (Å²) in [6.45, 7) is 2.62. The van der Waals surface area contributed by atoms with E-state index in [1.165, 1.54) is 10.3 Å². The summed E-state index contributed by atoms with van der Waals surface area (Å²) in [5.74, 6) is 1.61. The Labute approximate surface area is 143 Å². The number of hydrogen-bond acceptors (Lipinski definition) is 7. The van der Waals surface area contributed by atoms with Crippen LogP contribution in [0.25, 0.3) is 15.9 Å². The van der Waals surface area contributed by atoms with Crippen LogP contribution in [-0.4, -0.2) is 38.9 Å². The van der Waals surface area contributed by atoms with Crippen LogP contribution in [0.2, 0.25) is 0 Å². The average Bonchev–Trinajstić information content (AvgIpc) is 3.16. The third kappa shape index (κ3) is 2.54. The van der Waals surface area contributed by atoms with Gasteiger partial charge in [-0.25, -0.2) is 4.98 Å². The van der Waals surface area contributed by atoms with Gasteiger partial charge in [-0.1, -0.05) is 23.5 Å². The molecular weight excluding hydrogens is 322 g/mol. The van der Waals surface area contributed by atoms with E-state index in [2.05, 4.69) is 38.6 Å². The van der Waals surface area contributed by atoms with Gasteiger partial charge in [-0.05, 0) is 30.7 Å². The molecule has 7 nitrogen and oxygen atoms in total. The monoisotopic (exact) mass is 339 g/mol. The molecule has 1 N–H and O–H groups in total. The molecule has 0 aliphatic heterocycles. The quantitative estimate of drug-likeness (QED) is 0.616. The second-order valence-corrected chi connectivity index (χ2v) is 6.77. The van der Waals surface area contributed by atoms with Gasteiger partial charge in [0.05, 0.1) is 16.8 Å². The highest BCUT2D eigenvalue weighted by Gasteiger charge is 2.10. The Morgan fingerprint density at radius 3 is 2.83 bits per heavy atom. The molecule has 0 unspecified atom stereocenters. The highest BCUT2D eigenvalue weighted by molar-refractivity contribution is 7.22. The first-order valence-corrected chi connectivity index (χ1v) is 8.42. The van der Waals surface area contributed by atoms with E-state index in [0.29, 0.717) is 6.54 Å². The summed E-state index contributed by atoms with van der Waals surface area (Å²) in [5.41, 5.74) is 2.99. The van der Waals surface area contributed by atoms with Crippen molar-refractivity contribution >= 4 is 38.2 Å². The van der Waals surface area contributed by atoms with Gasteiger partial charge < -0.3 is 10.2 Å². The molecule has 4 rings (SSSR count). The normalized spacial score (nSPS) is 11.3. The number of rotatable bonds is 4. The molecule has 0 aliphatic carbocycles. The van der Waals surface area contributed by atoms with Crippen LogP contribution in [0.15, 0.2) is 30.3 Å². The van der Waals surface area contributed by atoms with Gasteiger partial charge in [0.15, 0.2) is 16.6 Å². The van der Waals surface area contributed by atoms with Gasteiger partial charge in [0.2, 0.25) is 0 Å². The summed E-state index contributed by atoms with van der Waals surface area (Å²) in [6, 6.07) is 10.0. The SMILES string of the molecule is Cc1cccc2nc(NCc3nnc4ccc(N(C)C)nn34)sc12. The predicted octanol–water partition coefficient (Wildman–Crippen LogP) is 2.72. The second kappa shape index (κ2) is 5.72. The molecule has 8 heteroatoms. The maximum Gasteiger partial charge on any atom is 0.184 e. The number of aromatic nitrogens is 5. The first-order valence-electron chi connectivity index (χ1n) is 7.60. The van der Waals surface area contributed by atoms with Crippen LogP contribution < -0.4 is 10.2 Å². The van der Waals surface area contributed by atoms with Gasteiger partial charge >= 0.3 is 0 Å². The summed E-state index contributed by atoms with van der Waals surface area (Å²) < 4.78 is 2.97. The maximum atomic E-state index is 4.62.